The molecule has 84 valence electrons. The third-order valence-corrected chi connectivity index (χ3v) is 4.34. The molecule has 0 bridgehead atoms. The van der Waals surface area contributed by atoms with E-state index in [2.05, 4.69) is 15.9 Å². The minimum absolute atomic E-state index is 0.0875. The van der Waals surface area contributed by atoms with Gasteiger partial charge in [-0.2, -0.15) is 0 Å². The number of nitrogens with two attached hydrogens (primary N) is 1. The topological polar surface area (TPSA) is 26.0 Å². The van der Waals surface area contributed by atoms with Gasteiger partial charge in [0.25, 0.3) is 0 Å². The summed E-state index contributed by atoms with van der Waals surface area (Å²) in [6.07, 6.45) is 0.768. The summed E-state index contributed by atoms with van der Waals surface area (Å²) in [5, 5.41) is 2.02. The number of thiophene rings is 1. The number of halogens is 2. The molecule has 0 fully saturated rings. The minimum atomic E-state index is -0.228. The molecule has 1 heterocycles. The molecule has 1 nitrogen and oxygen atoms in total. The van der Waals surface area contributed by atoms with Gasteiger partial charge in [0.1, 0.15) is 5.82 Å². The van der Waals surface area contributed by atoms with Gasteiger partial charge in [0.2, 0.25) is 0 Å². The van der Waals surface area contributed by atoms with Crippen molar-refractivity contribution in [3.05, 3.63) is 56.4 Å². The molecule has 2 N–H and O–H groups in total. The predicted octanol–water partition coefficient (Wildman–Crippen LogP) is 3.89. The lowest BCUT2D eigenvalue weighted by Gasteiger charge is -2.11. The van der Waals surface area contributed by atoms with Gasteiger partial charge in [-0.05, 0) is 45.1 Å². The molecule has 0 saturated carbocycles. The molecule has 16 heavy (non-hydrogen) atoms. The van der Waals surface area contributed by atoms with Crippen molar-refractivity contribution < 1.29 is 4.39 Å². The standard InChI is InChI=1S/C12H11BrFNS/c13-10-5-6-16-12(10)7-11(15)8-1-3-9(14)4-2-8/h1-6,11H,7,15H2. The lowest BCUT2D eigenvalue weighted by atomic mass is 10.0. The smallest absolute Gasteiger partial charge is 0.123 e. The van der Waals surface area contributed by atoms with Crippen LogP contribution in [0.5, 0.6) is 0 Å². The Kier molecular flexibility index (Phi) is 3.74. The summed E-state index contributed by atoms with van der Waals surface area (Å²) in [5.74, 6) is -0.228. The highest BCUT2D eigenvalue weighted by molar-refractivity contribution is 9.10. The molecule has 0 aliphatic heterocycles. The number of hydrogen-bond acceptors (Lipinski definition) is 2. The zero-order valence-corrected chi connectivity index (χ0v) is 10.9. The van der Waals surface area contributed by atoms with Crippen molar-refractivity contribution in [3.63, 3.8) is 0 Å². The summed E-state index contributed by atoms with van der Waals surface area (Å²) in [4.78, 5) is 1.22. The average molecular weight is 300 g/mol. The Hall–Kier alpha value is -0.710. The molecule has 2 rings (SSSR count). The van der Waals surface area contributed by atoms with Crippen LogP contribution in [0.25, 0.3) is 0 Å². The fourth-order valence-electron chi connectivity index (χ4n) is 1.50. The average Bonchev–Trinajstić information content (AvgIpc) is 2.65. The molecule has 2 aromatic rings. The number of rotatable bonds is 3. The quantitative estimate of drug-likeness (QED) is 0.914. The Morgan fingerprint density at radius 1 is 1.25 bits per heavy atom. The summed E-state index contributed by atoms with van der Waals surface area (Å²) in [7, 11) is 0. The van der Waals surface area contributed by atoms with E-state index in [9.17, 15) is 4.39 Å². The first-order chi connectivity index (χ1) is 7.66. The summed E-state index contributed by atoms with van der Waals surface area (Å²) < 4.78 is 13.8. The van der Waals surface area contributed by atoms with Crippen LogP contribution >= 0.6 is 27.3 Å². The maximum atomic E-state index is 12.7. The molecule has 0 aliphatic carbocycles. The van der Waals surface area contributed by atoms with Crippen LogP contribution in [-0.2, 0) is 6.42 Å². The Bertz CT molecular complexity index is 466. The van der Waals surface area contributed by atoms with Gasteiger partial charge in [-0.3, -0.25) is 0 Å². The normalized spacial score (nSPS) is 12.7. The first-order valence-electron chi connectivity index (χ1n) is 4.89. The fourth-order valence-corrected chi connectivity index (χ4v) is 3.07. The van der Waals surface area contributed by atoms with Crippen LogP contribution < -0.4 is 5.73 Å². The highest BCUT2D eigenvalue weighted by Gasteiger charge is 2.10. The van der Waals surface area contributed by atoms with Crippen molar-refractivity contribution in [1.82, 2.24) is 0 Å². The molecular formula is C12H11BrFNS. The molecule has 0 aliphatic rings. The second-order valence-corrected chi connectivity index (χ2v) is 5.41. The van der Waals surface area contributed by atoms with E-state index < -0.39 is 0 Å². The molecular weight excluding hydrogens is 289 g/mol. The van der Waals surface area contributed by atoms with Crippen LogP contribution in [0.1, 0.15) is 16.5 Å². The number of hydrogen-bond donors (Lipinski definition) is 1. The van der Waals surface area contributed by atoms with Crippen molar-refractivity contribution in [2.45, 2.75) is 12.5 Å². The predicted molar refractivity (Wildman–Crippen MR) is 69.1 cm³/mol. The second-order valence-electron chi connectivity index (χ2n) is 3.55. The van der Waals surface area contributed by atoms with Gasteiger partial charge in [0.05, 0.1) is 0 Å². The van der Waals surface area contributed by atoms with E-state index in [0.29, 0.717) is 0 Å². The zero-order valence-electron chi connectivity index (χ0n) is 8.49. The van der Waals surface area contributed by atoms with Gasteiger partial charge >= 0.3 is 0 Å². The van der Waals surface area contributed by atoms with Crippen molar-refractivity contribution >= 4 is 27.3 Å². The summed E-state index contributed by atoms with van der Waals surface area (Å²) in [5.41, 5.74) is 7.03. The van der Waals surface area contributed by atoms with E-state index in [1.54, 1.807) is 23.5 Å². The second kappa shape index (κ2) is 5.08. The van der Waals surface area contributed by atoms with Gasteiger partial charge in [0, 0.05) is 21.8 Å². The summed E-state index contributed by atoms with van der Waals surface area (Å²) in [6, 6.07) is 8.29. The van der Waals surface area contributed by atoms with E-state index in [0.717, 1.165) is 16.5 Å². The molecule has 4 heteroatoms. The van der Waals surface area contributed by atoms with Crippen molar-refractivity contribution in [2.75, 3.05) is 0 Å². The van der Waals surface area contributed by atoms with Crippen molar-refractivity contribution in [1.29, 1.82) is 0 Å². The van der Waals surface area contributed by atoms with E-state index in [-0.39, 0.29) is 11.9 Å². The monoisotopic (exact) mass is 299 g/mol. The first-order valence-corrected chi connectivity index (χ1v) is 6.57. The van der Waals surface area contributed by atoms with E-state index in [1.807, 2.05) is 11.4 Å². The van der Waals surface area contributed by atoms with Crippen LogP contribution in [0.4, 0.5) is 4.39 Å². The Balaban J connectivity index is 2.11. The summed E-state index contributed by atoms with van der Waals surface area (Å²) in [6.45, 7) is 0. The van der Waals surface area contributed by atoms with Crippen LogP contribution in [-0.4, -0.2) is 0 Å². The molecule has 1 aromatic heterocycles. The molecule has 1 atom stereocenters. The van der Waals surface area contributed by atoms with Crippen LogP contribution in [0, 0.1) is 5.82 Å². The highest BCUT2D eigenvalue weighted by atomic mass is 79.9. The lowest BCUT2D eigenvalue weighted by molar-refractivity contribution is 0.624. The third-order valence-electron chi connectivity index (χ3n) is 2.39. The molecule has 0 amide bonds. The van der Waals surface area contributed by atoms with Gasteiger partial charge in [0.15, 0.2) is 0 Å². The van der Waals surface area contributed by atoms with Gasteiger partial charge in [-0.1, -0.05) is 12.1 Å². The largest absolute Gasteiger partial charge is 0.324 e. The van der Waals surface area contributed by atoms with Crippen LogP contribution in [0.2, 0.25) is 0 Å². The van der Waals surface area contributed by atoms with Gasteiger partial charge < -0.3 is 5.73 Å². The molecule has 1 unspecified atom stereocenters. The highest BCUT2D eigenvalue weighted by Crippen LogP contribution is 2.27. The fraction of sp³-hybridized carbons (Fsp3) is 0.167. The molecule has 0 spiro atoms. The molecule has 0 saturated heterocycles. The minimum Gasteiger partial charge on any atom is -0.324 e. The van der Waals surface area contributed by atoms with E-state index >= 15 is 0 Å². The maximum absolute atomic E-state index is 12.7. The molecule has 0 radical (unpaired) electrons. The van der Waals surface area contributed by atoms with E-state index in [1.165, 1.54) is 17.0 Å². The Morgan fingerprint density at radius 3 is 2.50 bits per heavy atom. The third kappa shape index (κ3) is 2.70. The molecule has 1 aromatic carbocycles. The maximum Gasteiger partial charge on any atom is 0.123 e. The Morgan fingerprint density at radius 2 is 1.94 bits per heavy atom. The number of benzene rings is 1. The van der Waals surface area contributed by atoms with E-state index in [4.69, 9.17) is 5.73 Å². The first kappa shape index (κ1) is 11.8. The van der Waals surface area contributed by atoms with Gasteiger partial charge in [-0.15, -0.1) is 11.3 Å². The van der Waals surface area contributed by atoms with Crippen molar-refractivity contribution in [3.8, 4) is 0 Å². The zero-order chi connectivity index (χ0) is 11.5. The van der Waals surface area contributed by atoms with Crippen LogP contribution in [0.3, 0.4) is 0 Å². The SMILES string of the molecule is NC(Cc1sccc1Br)c1ccc(F)cc1. The van der Waals surface area contributed by atoms with Gasteiger partial charge in [-0.25, -0.2) is 4.39 Å². The van der Waals surface area contributed by atoms with Crippen molar-refractivity contribution in [2.24, 2.45) is 5.73 Å². The Labute approximate surface area is 106 Å². The lowest BCUT2D eigenvalue weighted by Crippen LogP contribution is -2.12. The summed E-state index contributed by atoms with van der Waals surface area (Å²) >= 11 is 5.15. The van der Waals surface area contributed by atoms with Crippen LogP contribution in [0.15, 0.2) is 40.2 Å².